The zero-order chi connectivity index (χ0) is 32.2. The van der Waals surface area contributed by atoms with Gasteiger partial charge in [-0.2, -0.15) is 5.26 Å². The normalized spacial score (nSPS) is 25.2. The first-order chi connectivity index (χ1) is 22.7. The zero-order valence-corrected chi connectivity index (χ0v) is 26.6. The van der Waals surface area contributed by atoms with E-state index in [2.05, 4.69) is 22.0 Å². The maximum absolute atomic E-state index is 16.2. The molecule has 4 heterocycles. The van der Waals surface area contributed by atoms with E-state index in [9.17, 15) is 14.9 Å². The van der Waals surface area contributed by atoms with Crippen LogP contribution < -0.4 is 11.1 Å². The Balaban J connectivity index is 1.11. The van der Waals surface area contributed by atoms with Gasteiger partial charge < -0.3 is 25.1 Å². The van der Waals surface area contributed by atoms with Crippen LogP contribution in [0.5, 0.6) is 0 Å². The smallest absolute Gasteiger partial charge is 0.254 e. The Bertz CT molecular complexity index is 2010. The van der Waals surface area contributed by atoms with Gasteiger partial charge in [0.05, 0.1) is 29.0 Å². The predicted molar refractivity (Wildman–Crippen MR) is 173 cm³/mol. The van der Waals surface area contributed by atoms with E-state index in [0.29, 0.717) is 53.6 Å². The van der Waals surface area contributed by atoms with Crippen LogP contribution in [0.15, 0.2) is 30.3 Å². The van der Waals surface area contributed by atoms with Gasteiger partial charge in [-0.05, 0) is 107 Å². The molecule has 4 saturated carbocycles. The monoisotopic (exact) mass is 634 g/mol. The molecule has 5 aliphatic rings. The number of nitrogens with two attached hydrogens (primary N) is 1. The third-order valence-electron chi connectivity index (χ3n) is 11.4. The topological polar surface area (TPSA) is 135 Å². The molecule has 0 unspecified atom stereocenters. The maximum Gasteiger partial charge on any atom is 0.254 e. The second kappa shape index (κ2) is 10.3. The van der Waals surface area contributed by atoms with Crippen molar-refractivity contribution < 1.29 is 14.0 Å². The molecule has 11 heteroatoms. The minimum absolute atomic E-state index is 0.0406. The molecule has 5 fully saturated rings. The van der Waals surface area contributed by atoms with Gasteiger partial charge in [-0.25, -0.2) is 14.4 Å². The van der Waals surface area contributed by atoms with Crippen LogP contribution in [0.4, 0.5) is 4.39 Å². The summed E-state index contributed by atoms with van der Waals surface area (Å²) in [4.78, 5) is 38.6. The summed E-state index contributed by atoms with van der Waals surface area (Å²) in [6, 6.07) is 11.2. The van der Waals surface area contributed by atoms with Crippen LogP contribution >= 0.6 is 0 Å². The van der Waals surface area contributed by atoms with Crippen molar-refractivity contribution in [2.45, 2.75) is 95.4 Å². The molecule has 1 aromatic carbocycles. The molecular weight excluding hydrogens is 595 g/mol. The lowest BCUT2D eigenvalue weighted by Crippen LogP contribution is -2.51. The summed E-state index contributed by atoms with van der Waals surface area (Å²) in [5.41, 5.74) is 9.15. The summed E-state index contributed by atoms with van der Waals surface area (Å²) in [5.74, 6) is 0.851. The van der Waals surface area contributed by atoms with Crippen molar-refractivity contribution in [1.29, 1.82) is 5.26 Å². The highest BCUT2D eigenvalue weighted by molar-refractivity contribution is 5.98. The van der Waals surface area contributed by atoms with Crippen molar-refractivity contribution in [2.24, 2.45) is 23.0 Å². The second-order valence-electron chi connectivity index (χ2n) is 14.8. The van der Waals surface area contributed by atoms with E-state index in [4.69, 9.17) is 15.7 Å². The molecule has 2 bridgehead atoms. The third kappa shape index (κ3) is 4.74. The Morgan fingerprint density at radius 1 is 1.11 bits per heavy atom. The molecule has 1 aliphatic heterocycles. The largest absolute Gasteiger partial charge is 0.347 e. The third-order valence-corrected chi connectivity index (χ3v) is 11.4. The van der Waals surface area contributed by atoms with Gasteiger partial charge >= 0.3 is 0 Å². The van der Waals surface area contributed by atoms with Gasteiger partial charge in [-0.1, -0.05) is 0 Å². The molecule has 242 valence electrons. The number of aromatic nitrogens is 4. The van der Waals surface area contributed by atoms with Crippen molar-refractivity contribution in [3.05, 3.63) is 47.4 Å². The molecule has 9 rings (SSSR count). The van der Waals surface area contributed by atoms with Crippen molar-refractivity contribution in [1.82, 2.24) is 29.3 Å². The molecule has 0 radical (unpaired) electrons. The average Bonchev–Trinajstić information content (AvgIpc) is 4.01. The molecule has 3 aromatic heterocycles. The number of likely N-dealkylation sites (tertiary alicyclic amines) is 1. The first-order valence-electron chi connectivity index (χ1n) is 17.2. The Labute approximate surface area is 272 Å². The molecule has 2 amide bonds. The van der Waals surface area contributed by atoms with Crippen LogP contribution in [-0.2, 0) is 11.3 Å². The Kier molecular flexibility index (Phi) is 6.36. The van der Waals surface area contributed by atoms with Crippen LogP contribution in [0, 0.1) is 34.4 Å². The number of amides is 2. The van der Waals surface area contributed by atoms with E-state index in [1.165, 1.54) is 6.07 Å². The van der Waals surface area contributed by atoms with Crippen molar-refractivity contribution >= 4 is 33.9 Å². The van der Waals surface area contributed by atoms with Gasteiger partial charge in [0.15, 0.2) is 5.82 Å². The zero-order valence-electron chi connectivity index (χ0n) is 26.6. The number of rotatable bonds is 8. The molecule has 10 nitrogen and oxygen atoms in total. The van der Waals surface area contributed by atoms with Crippen LogP contribution in [0.2, 0.25) is 0 Å². The van der Waals surface area contributed by atoms with Gasteiger partial charge in [0.25, 0.3) is 5.91 Å². The average molecular weight is 635 g/mol. The van der Waals surface area contributed by atoms with Crippen LogP contribution in [0.25, 0.3) is 33.6 Å². The van der Waals surface area contributed by atoms with Crippen LogP contribution in [0.3, 0.4) is 0 Å². The Hall–Kier alpha value is -4.30. The van der Waals surface area contributed by atoms with Gasteiger partial charge in [-0.15, -0.1) is 0 Å². The van der Waals surface area contributed by atoms with E-state index >= 15 is 4.39 Å². The van der Waals surface area contributed by atoms with Crippen molar-refractivity contribution in [2.75, 3.05) is 6.54 Å². The molecule has 4 aliphatic carbocycles. The fraction of sp³-hybridized carbons (Fsp3) is 0.528. The number of fused-ring (bicyclic) bond motifs is 4. The minimum atomic E-state index is -0.903. The highest BCUT2D eigenvalue weighted by Gasteiger charge is 2.51. The highest BCUT2D eigenvalue weighted by Crippen LogP contribution is 2.46. The fourth-order valence-electron chi connectivity index (χ4n) is 8.01. The summed E-state index contributed by atoms with van der Waals surface area (Å²) in [6.45, 7) is 3.17. The number of carbonyl (C=O) groups excluding carboxylic acids is 2. The molecule has 4 aromatic rings. The lowest BCUT2D eigenvalue weighted by Gasteiger charge is -2.37. The number of nitriles is 1. The first kappa shape index (κ1) is 28.9. The minimum Gasteiger partial charge on any atom is -0.347 e. The Morgan fingerprint density at radius 3 is 2.62 bits per heavy atom. The van der Waals surface area contributed by atoms with Crippen molar-refractivity contribution in [3.8, 4) is 17.6 Å². The lowest BCUT2D eigenvalue weighted by atomic mass is 9.94. The number of hydrogen-bond acceptors (Lipinski definition) is 6. The lowest BCUT2D eigenvalue weighted by molar-refractivity contribution is -0.125. The summed E-state index contributed by atoms with van der Waals surface area (Å²) in [6.07, 6.45) is 8.26. The van der Waals surface area contributed by atoms with Crippen LogP contribution in [0.1, 0.15) is 92.8 Å². The SMILES string of the molecule is C[C@@H](NC(=O)C1(C#N)CC1)c1ccc2cc(-c3nc4cc(C(=O)N5C[C@H](N)[C@H]6CC[C@@H]5C6)cc(F)c4n3C3CC3)n(CC3CC3)c2n1. The molecule has 47 heavy (non-hydrogen) atoms. The van der Waals surface area contributed by atoms with E-state index < -0.39 is 11.2 Å². The summed E-state index contributed by atoms with van der Waals surface area (Å²) < 4.78 is 20.4. The summed E-state index contributed by atoms with van der Waals surface area (Å²) in [7, 11) is 0. The number of hydrogen-bond donors (Lipinski definition) is 2. The summed E-state index contributed by atoms with van der Waals surface area (Å²) in [5, 5.41) is 13.4. The molecule has 4 atom stereocenters. The molecular formula is C36H39FN8O2. The quantitative estimate of drug-likeness (QED) is 0.268. The summed E-state index contributed by atoms with van der Waals surface area (Å²) >= 11 is 0. The van der Waals surface area contributed by atoms with Gasteiger partial charge in [0.2, 0.25) is 5.91 Å². The number of benzene rings is 1. The standard InChI is InChI=1S/C36H39FN8O2/c1-19(40-35(47)36(18-38)10-11-36)28-9-5-22-15-30(44(32(22)41-28)16-20-2-3-20)33-42-29-14-23(13-26(37)31(29)45(33)24-7-8-24)34(46)43-17-27(39)21-4-6-25(43)12-21/h5,9,13-15,19-21,24-25,27H,2-4,6-8,10-12,16-17,39H2,1H3,(H,40,47)/t19-,21+,25-,27+/m1/s1. The second-order valence-corrected chi connectivity index (χ2v) is 14.8. The van der Waals surface area contributed by atoms with Gasteiger partial charge in [0.1, 0.15) is 22.4 Å². The van der Waals surface area contributed by atoms with Gasteiger partial charge in [-0.3, -0.25) is 9.59 Å². The number of piperidine rings is 1. The van der Waals surface area contributed by atoms with E-state index in [1.54, 1.807) is 6.07 Å². The number of pyridine rings is 1. The molecule has 3 N–H and O–H groups in total. The maximum atomic E-state index is 16.2. The highest BCUT2D eigenvalue weighted by atomic mass is 19.1. The Morgan fingerprint density at radius 2 is 1.89 bits per heavy atom. The predicted octanol–water partition coefficient (Wildman–Crippen LogP) is 5.37. The first-order valence-corrected chi connectivity index (χ1v) is 17.2. The number of halogens is 1. The van der Waals surface area contributed by atoms with E-state index in [1.807, 2.05) is 28.5 Å². The molecule has 1 saturated heterocycles. The molecule has 0 spiro atoms. The number of carbonyl (C=O) groups is 2. The van der Waals surface area contributed by atoms with E-state index in [-0.39, 0.29) is 36.0 Å². The number of nitrogens with one attached hydrogen (secondary N) is 1. The van der Waals surface area contributed by atoms with Crippen molar-refractivity contribution in [3.63, 3.8) is 0 Å². The van der Waals surface area contributed by atoms with Gasteiger partial charge in [0, 0.05) is 42.2 Å². The fourth-order valence-corrected chi connectivity index (χ4v) is 8.01. The number of nitrogens with zero attached hydrogens (tertiary/aromatic N) is 6. The van der Waals surface area contributed by atoms with Crippen LogP contribution in [-0.4, -0.2) is 54.4 Å². The number of imidazole rings is 1. The van der Waals surface area contributed by atoms with E-state index in [0.717, 1.165) is 73.9 Å².